The zero-order valence-electron chi connectivity index (χ0n) is 11.6. The van der Waals surface area contributed by atoms with Crippen LogP contribution in [-0.2, 0) is 16.4 Å². The lowest BCUT2D eigenvalue weighted by Gasteiger charge is -2.33. The largest absolute Gasteiger partial charge is 0.493 e. The van der Waals surface area contributed by atoms with Gasteiger partial charge in [0, 0.05) is 12.6 Å². The first-order valence-electron chi connectivity index (χ1n) is 6.10. The first-order chi connectivity index (χ1) is 8.88. The van der Waals surface area contributed by atoms with Crippen molar-refractivity contribution in [2.75, 3.05) is 27.0 Å². The summed E-state index contributed by atoms with van der Waals surface area (Å²) in [5, 5.41) is 0. The van der Waals surface area contributed by atoms with Crippen molar-refractivity contribution in [3.05, 3.63) is 23.3 Å². The molecule has 6 heteroatoms. The molecule has 0 spiro atoms. The number of benzene rings is 1. The highest BCUT2D eigenvalue weighted by molar-refractivity contribution is 7.88. The third-order valence-corrected chi connectivity index (χ3v) is 4.91. The summed E-state index contributed by atoms with van der Waals surface area (Å²) in [7, 11) is -0.0198. The highest BCUT2D eigenvalue weighted by Gasteiger charge is 2.31. The van der Waals surface area contributed by atoms with E-state index >= 15 is 0 Å². The van der Waals surface area contributed by atoms with Crippen molar-refractivity contribution in [2.24, 2.45) is 0 Å². The van der Waals surface area contributed by atoms with E-state index in [1.165, 1.54) is 10.6 Å². The van der Waals surface area contributed by atoms with Gasteiger partial charge in [-0.2, -0.15) is 4.31 Å². The molecule has 0 N–H and O–H groups in total. The van der Waals surface area contributed by atoms with Crippen LogP contribution < -0.4 is 9.47 Å². The molecule has 1 aromatic carbocycles. The summed E-state index contributed by atoms with van der Waals surface area (Å²) < 4.78 is 35.6. The Hall–Kier alpha value is -1.27. The van der Waals surface area contributed by atoms with Gasteiger partial charge in [-0.25, -0.2) is 8.42 Å². The maximum absolute atomic E-state index is 11.8. The molecule has 0 saturated heterocycles. The average Bonchev–Trinajstić information content (AvgIpc) is 2.36. The van der Waals surface area contributed by atoms with E-state index in [1.807, 2.05) is 19.1 Å². The second-order valence-electron chi connectivity index (χ2n) is 4.71. The molecule has 0 fully saturated rings. The quantitative estimate of drug-likeness (QED) is 0.846. The summed E-state index contributed by atoms with van der Waals surface area (Å²) >= 11 is 0. The van der Waals surface area contributed by atoms with Crippen LogP contribution >= 0.6 is 0 Å². The Morgan fingerprint density at radius 2 is 1.79 bits per heavy atom. The summed E-state index contributed by atoms with van der Waals surface area (Å²) in [6.07, 6.45) is 1.93. The highest BCUT2D eigenvalue weighted by atomic mass is 32.2. The Kier molecular flexibility index (Phi) is 3.73. The number of fused-ring (bicyclic) bond motifs is 1. The van der Waals surface area contributed by atoms with Crippen molar-refractivity contribution >= 4 is 10.0 Å². The summed E-state index contributed by atoms with van der Waals surface area (Å²) in [4.78, 5) is 0. The number of rotatable bonds is 3. The van der Waals surface area contributed by atoms with Crippen molar-refractivity contribution in [1.29, 1.82) is 0 Å². The third-order valence-electron chi connectivity index (χ3n) is 3.55. The first kappa shape index (κ1) is 14.1. The molecule has 19 heavy (non-hydrogen) atoms. The van der Waals surface area contributed by atoms with Crippen molar-refractivity contribution in [3.8, 4) is 11.5 Å². The number of hydrogen-bond donors (Lipinski definition) is 0. The van der Waals surface area contributed by atoms with E-state index in [1.54, 1.807) is 14.2 Å². The van der Waals surface area contributed by atoms with Gasteiger partial charge in [0.05, 0.1) is 20.5 Å². The Labute approximate surface area is 114 Å². The lowest BCUT2D eigenvalue weighted by Crippen LogP contribution is -2.38. The van der Waals surface area contributed by atoms with E-state index in [9.17, 15) is 8.42 Å². The van der Waals surface area contributed by atoms with Crippen LogP contribution in [-0.4, -0.2) is 39.7 Å². The van der Waals surface area contributed by atoms with Gasteiger partial charge in [0.1, 0.15) is 0 Å². The van der Waals surface area contributed by atoms with Gasteiger partial charge in [-0.1, -0.05) is 0 Å². The molecule has 5 nitrogen and oxygen atoms in total. The fourth-order valence-electron chi connectivity index (χ4n) is 2.57. The minimum absolute atomic E-state index is 0.182. The maximum atomic E-state index is 11.8. The number of nitrogens with zero attached hydrogens (tertiary/aromatic N) is 1. The van der Waals surface area contributed by atoms with Crippen LogP contribution in [0.25, 0.3) is 0 Å². The maximum Gasteiger partial charge on any atom is 0.211 e. The van der Waals surface area contributed by atoms with Crippen LogP contribution in [0.5, 0.6) is 11.5 Å². The Bertz CT molecular complexity index is 583. The molecule has 1 aliphatic rings. The van der Waals surface area contributed by atoms with E-state index in [4.69, 9.17) is 9.47 Å². The lowest BCUT2D eigenvalue weighted by atomic mass is 9.94. The van der Waals surface area contributed by atoms with E-state index in [0.29, 0.717) is 24.5 Å². The molecular weight excluding hydrogens is 266 g/mol. The molecule has 0 bridgehead atoms. The predicted molar refractivity (Wildman–Crippen MR) is 73.2 cm³/mol. The van der Waals surface area contributed by atoms with Crippen LogP contribution in [0.1, 0.15) is 24.1 Å². The number of sulfonamides is 1. The van der Waals surface area contributed by atoms with Crippen LogP contribution in [0.15, 0.2) is 12.1 Å². The van der Waals surface area contributed by atoms with E-state index in [-0.39, 0.29) is 6.04 Å². The molecule has 106 valence electrons. The normalized spacial score (nSPS) is 19.9. The van der Waals surface area contributed by atoms with Gasteiger partial charge < -0.3 is 9.47 Å². The Morgan fingerprint density at radius 1 is 1.21 bits per heavy atom. The van der Waals surface area contributed by atoms with Gasteiger partial charge in [0.15, 0.2) is 11.5 Å². The number of hydrogen-bond acceptors (Lipinski definition) is 4. The molecule has 0 radical (unpaired) electrons. The summed E-state index contributed by atoms with van der Waals surface area (Å²) in [6, 6.07) is 3.62. The fraction of sp³-hybridized carbons (Fsp3) is 0.538. The molecule has 1 heterocycles. The zero-order valence-corrected chi connectivity index (χ0v) is 12.5. The van der Waals surface area contributed by atoms with Crippen molar-refractivity contribution in [1.82, 2.24) is 4.31 Å². The van der Waals surface area contributed by atoms with Crippen molar-refractivity contribution in [2.45, 2.75) is 19.4 Å². The van der Waals surface area contributed by atoms with E-state index in [2.05, 4.69) is 0 Å². The fourth-order valence-corrected chi connectivity index (χ4v) is 3.69. The van der Waals surface area contributed by atoms with E-state index in [0.717, 1.165) is 11.1 Å². The summed E-state index contributed by atoms with van der Waals surface area (Å²) in [5.74, 6) is 1.31. The minimum atomic E-state index is -3.19. The minimum Gasteiger partial charge on any atom is -0.493 e. The molecule has 1 aliphatic heterocycles. The molecule has 1 aromatic rings. The smallest absolute Gasteiger partial charge is 0.211 e. The van der Waals surface area contributed by atoms with Gasteiger partial charge in [0.25, 0.3) is 0 Å². The standard InChI is InChI=1S/C13H19NO4S/c1-9-11-8-13(18-3)12(17-2)7-10(11)5-6-14(9)19(4,15)16/h7-9H,5-6H2,1-4H3. The molecule has 0 amide bonds. The lowest BCUT2D eigenvalue weighted by molar-refractivity contribution is 0.321. The van der Waals surface area contributed by atoms with E-state index < -0.39 is 10.0 Å². The second kappa shape index (κ2) is 5.02. The molecule has 1 atom stereocenters. The summed E-state index contributed by atoms with van der Waals surface area (Å²) in [5.41, 5.74) is 2.10. The zero-order chi connectivity index (χ0) is 14.2. The Balaban J connectivity index is 2.49. The summed E-state index contributed by atoms with van der Waals surface area (Å²) in [6.45, 7) is 2.40. The highest BCUT2D eigenvalue weighted by Crippen LogP contribution is 2.38. The Morgan fingerprint density at radius 3 is 2.32 bits per heavy atom. The van der Waals surface area contributed by atoms with Gasteiger partial charge >= 0.3 is 0 Å². The predicted octanol–water partition coefficient (Wildman–Crippen LogP) is 1.58. The second-order valence-corrected chi connectivity index (χ2v) is 6.64. The number of ether oxygens (including phenoxy) is 2. The van der Waals surface area contributed by atoms with Crippen molar-refractivity contribution < 1.29 is 17.9 Å². The van der Waals surface area contributed by atoms with Crippen LogP contribution in [0.2, 0.25) is 0 Å². The van der Waals surface area contributed by atoms with Crippen LogP contribution in [0.4, 0.5) is 0 Å². The van der Waals surface area contributed by atoms with Gasteiger partial charge in [-0.3, -0.25) is 0 Å². The third kappa shape index (κ3) is 2.55. The molecule has 2 rings (SSSR count). The first-order valence-corrected chi connectivity index (χ1v) is 7.95. The van der Waals surface area contributed by atoms with Gasteiger partial charge in [0.2, 0.25) is 10.0 Å². The topological polar surface area (TPSA) is 55.8 Å². The number of methoxy groups -OCH3 is 2. The van der Waals surface area contributed by atoms with Gasteiger partial charge in [-0.15, -0.1) is 0 Å². The van der Waals surface area contributed by atoms with Crippen LogP contribution in [0, 0.1) is 0 Å². The van der Waals surface area contributed by atoms with Crippen molar-refractivity contribution in [3.63, 3.8) is 0 Å². The molecule has 0 aliphatic carbocycles. The van der Waals surface area contributed by atoms with Gasteiger partial charge in [-0.05, 0) is 36.6 Å². The molecular formula is C13H19NO4S. The molecule has 1 unspecified atom stereocenters. The molecule has 0 saturated carbocycles. The average molecular weight is 285 g/mol. The molecule has 0 aromatic heterocycles. The van der Waals surface area contributed by atoms with Crippen LogP contribution in [0.3, 0.4) is 0 Å². The monoisotopic (exact) mass is 285 g/mol. The SMILES string of the molecule is COc1cc2c(cc1OC)C(C)N(S(C)(=O)=O)CC2.